The molecule has 0 aliphatic carbocycles. The minimum atomic E-state index is -1.17. The molecule has 60 valence electrons. The molecule has 1 N–H and O–H groups in total. The molecule has 2 nitrogen and oxygen atoms in total. The van der Waals surface area contributed by atoms with Crippen molar-refractivity contribution in [2.24, 2.45) is 0 Å². The monoisotopic (exact) mass is 160 g/mol. The van der Waals surface area contributed by atoms with E-state index >= 15 is 0 Å². The molecule has 0 aliphatic rings. The van der Waals surface area contributed by atoms with E-state index in [0.29, 0.717) is 0 Å². The highest BCUT2D eigenvalue weighted by Gasteiger charge is 2.12. The van der Waals surface area contributed by atoms with Crippen molar-refractivity contribution < 1.29 is 18.6 Å². The topological polar surface area (TPSA) is 29.5 Å². The maximum atomic E-state index is 12.6. The average Bonchev–Trinajstić information content (AvgIpc) is 1.99. The molecule has 0 aliphatic heterocycles. The van der Waals surface area contributed by atoms with Gasteiger partial charge >= 0.3 is 0 Å². The quantitative estimate of drug-likeness (QED) is 0.677. The highest BCUT2D eigenvalue weighted by Crippen LogP contribution is 2.29. The summed E-state index contributed by atoms with van der Waals surface area (Å²) in [5.74, 6) is -3.09. The molecule has 0 amide bonds. The number of phenols is 1. The molecular weight excluding hydrogens is 154 g/mol. The van der Waals surface area contributed by atoms with Gasteiger partial charge in [0, 0.05) is 0 Å². The Labute approximate surface area is 62.0 Å². The first-order chi connectivity index (χ1) is 5.16. The van der Waals surface area contributed by atoms with E-state index in [2.05, 4.69) is 4.74 Å². The second-order valence-corrected chi connectivity index (χ2v) is 1.91. The van der Waals surface area contributed by atoms with E-state index in [1.807, 2.05) is 0 Å². The molecule has 4 heteroatoms. The molecule has 0 bridgehead atoms. The van der Waals surface area contributed by atoms with Crippen LogP contribution in [0.3, 0.4) is 0 Å². The molecule has 0 unspecified atom stereocenters. The summed E-state index contributed by atoms with van der Waals surface area (Å²) in [6.07, 6.45) is 0. The zero-order valence-electron chi connectivity index (χ0n) is 5.77. The lowest BCUT2D eigenvalue weighted by Crippen LogP contribution is -1.91. The predicted molar refractivity (Wildman–Crippen MR) is 34.6 cm³/mol. The van der Waals surface area contributed by atoms with Crippen LogP contribution in [0.25, 0.3) is 0 Å². The Balaban J connectivity index is 3.29. The number of halogens is 2. The van der Waals surface area contributed by atoms with E-state index in [9.17, 15) is 8.78 Å². The highest BCUT2D eigenvalue weighted by atomic mass is 19.2. The first kappa shape index (κ1) is 7.78. The standard InChI is InChI=1S/C7H6F2O2/c1-11-7-5(10)3-2-4(8)6(7)9/h2-3,10H,1H3. The van der Waals surface area contributed by atoms with Crippen molar-refractivity contribution in [3.05, 3.63) is 23.8 Å². The molecule has 1 aromatic rings. The third-order valence-electron chi connectivity index (χ3n) is 1.23. The summed E-state index contributed by atoms with van der Waals surface area (Å²) in [4.78, 5) is 0. The van der Waals surface area contributed by atoms with Crippen LogP contribution in [0, 0.1) is 11.6 Å². The Morgan fingerprint density at radius 3 is 2.45 bits per heavy atom. The van der Waals surface area contributed by atoms with Gasteiger partial charge in [-0.3, -0.25) is 0 Å². The fourth-order valence-corrected chi connectivity index (χ4v) is 0.716. The van der Waals surface area contributed by atoms with Crippen molar-refractivity contribution in [3.63, 3.8) is 0 Å². The number of rotatable bonds is 1. The molecule has 0 saturated heterocycles. The third kappa shape index (κ3) is 1.24. The van der Waals surface area contributed by atoms with Crippen molar-refractivity contribution in [2.75, 3.05) is 7.11 Å². The average molecular weight is 160 g/mol. The second-order valence-electron chi connectivity index (χ2n) is 1.91. The second kappa shape index (κ2) is 2.74. The van der Waals surface area contributed by atoms with E-state index < -0.39 is 23.1 Å². The minimum absolute atomic E-state index is 0.411. The SMILES string of the molecule is COc1c(O)ccc(F)c1F. The number of methoxy groups -OCH3 is 1. The number of hydrogen-bond donors (Lipinski definition) is 1. The molecule has 0 radical (unpaired) electrons. The molecule has 11 heavy (non-hydrogen) atoms. The van der Waals surface area contributed by atoms with Gasteiger partial charge in [-0.15, -0.1) is 0 Å². The fraction of sp³-hybridized carbons (Fsp3) is 0.143. The summed E-state index contributed by atoms with van der Waals surface area (Å²) in [5, 5.41) is 8.88. The lowest BCUT2D eigenvalue weighted by molar-refractivity contribution is 0.340. The van der Waals surface area contributed by atoms with Gasteiger partial charge in [0.1, 0.15) is 0 Å². The van der Waals surface area contributed by atoms with Crippen LogP contribution >= 0.6 is 0 Å². The van der Waals surface area contributed by atoms with Crippen LogP contribution in [-0.4, -0.2) is 12.2 Å². The molecule has 0 atom stereocenters. The number of aromatic hydroxyl groups is 1. The smallest absolute Gasteiger partial charge is 0.204 e. The van der Waals surface area contributed by atoms with E-state index in [4.69, 9.17) is 5.11 Å². The lowest BCUT2D eigenvalue weighted by atomic mass is 10.3. The maximum Gasteiger partial charge on any atom is 0.204 e. The first-order valence-electron chi connectivity index (χ1n) is 2.87. The zero-order chi connectivity index (χ0) is 8.43. The highest BCUT2D eigenvalue weighted by molar-refractivity contribution is 5.40. The number of ether oxygens (including phenoxy) is 1. The van der Waals surface area contributed by atoms with Gasteiger partial charge in [-0.05, 0) is 12.1 Å². The van der Waals surface area contributed by atoms with Gasteiger partial charge in [0.05, 0.1) is 7.11 Å². The molecular formula is C7H6F2O2. The fourth-order valence-electron chi connectivity index (χ4n) is 0.716. The molecule has 1 rings (SSSR count). The summed E-state index contributed by atoms with van der Waals surface area (Å²) in [5.41, 5.74) is 0. The summed E-state index contributed by atoms with van der Waals surface area (Å²) >= 11 is 0. The molecule has 1 aromatic carbocycles. The molecule has 0 aromatic heterocycles. The maximum absolute atomic E-state index is 12.6. The van der Waals surface area contributed by atoms with Crippen LogP contribution in [-0.2, 0) is 0 Å². The van der Waals surface area contributed by atoms with Crippen LogP contribution in [0.15, 0.2) is 12.1 Å². The lowest BCUT2D eigenvalue weighted by Gasteiger charge is -2.03. The van der Waals surface area contributed by atoms with Gasteiger partial charge in [0.25, 0.3) is 0 Å². The number of hydrogen-bond acceptors (Lipinski definition) is 2. The minimum Gasteiger partial charge on any atom is -0.504 e. The van der Waals surface area contributed by atoms with E-state index in [1.165, 1.54) is 0 Å². The Bertz CT molecular complexity index is 273. The Kier molecular flexibility index (Phi) is 1.94. The summed E-state index contributed by atoms with van der Waals surface area (Å²) in [6, 6.07) is 1.85. The van der Waals surface area contributed by atoms with Crippen molar-refractivity contribution in [3.8, 4) is 11.5 Å². The van der Waals surface area contributed by atoms with Gasteiger partial charge in [-0.25, -0.2) is 4.39 Å². The molecule has 0 fully saturated rings. The predicted octanol–water partition coefficient (Wildman–Crippen LogP) is 1.68. The van der Waals surface area contributed by atoms with Crippen LogP contribution in [0.5, 0.6) is 11.5 Å². The Morgan fingerprint density at radius 1 is 1.36 bits per heavy atom. The summed E-state index contributed by atoms with van der Waals surface area (Å²) in [7, 11) is 1.15. The molecule has 0 saturated carbocycles. The summed E-state index contributed by atoms with van der Waals surface area (Å²) in [6.45, 7) is 0. The van der Waals surface area contributed by atoms with Crippen molar-refractivity contribution >= 4 is 0 Å². The van der Waals surface area contributed by atoms with Gasteiger partial charge < -0.3 is 9.84 Å². The first-order valence-corrected chi connectivity index (χ1v) is 2.87. The normalized spacial score (nSPS) is 9.73. The molecule has 0 heterocycles. The van der Waals surface area contributed by atoms with Gasteiger partial charge in [-0.2, -0.15) is 4.39 Å². The van der Waals surface area contributed by atoms with E-state index in [1.54, 1.807) is 0 Å². The van der Waals surface area contributed by atoms with E-state index in [0.717, 1.165) is 19.2 Å². The van der Waals surface area contributed by atoms with E-state index in [-0.39, 0.29) is 0 Å². The molecule has 0 spiro atoms. The zero-order valence-corrected chi connectivity index (χ0v) is 5.77. The third-order valence-corrected chi connectivity index (χ3v) is 1.23. The largest absolute Gasteiger partial charge is 0.504 e. The van der Waals surface area contributed by atoms with Crippen LogP contribution < -0.4 is 4.74 Å². The van der Waals surface area contributed by atoms with Gasteiger partial charge in [0.2, 0.25) is 5.82 Å². The van der Waals surface area contributed by atoms with Crippen molar-refractivity contribution in [2.45, 2.75) is 0 Å². The number of benzene rings is 1. The van der Waals surface area contributed by atoms with Crippen LogP contribution in [0.1, 0.15) is 0 Å². The number of phenolic OH excluding ortho intramolecular Hbond substituents is 1. The van der Waals surface area contributed by atoms with Crippen LogP contribution in [0.2, 0.25) is 0 Å². The van der Waals surface area contributed by atoms with Crippen molar-refractivity contribution in [1.29, 1.82) is 0 Å². The van der Waals surface area contributed by atoms with Crippen molar-refractivity contribution in [1.82, 2.24) is 0 Å². The van der Waals surface area contributed by atoms with Gasteiger partial charge in [0.15, 0.2) is 17.3 Å². The Hall–Kier alpha value is -1.32. The Morgan fingerprint density at radius 2 is 2.00 bits per heavy atom. The van der Waals surface area contributed by atoms with Crippen LogP contribution in [0.4, 0.5) is 8.78 Å². The van der Waals surface area contributed by atoms with Gasteiger partial charge in [-0.1, -0.05) is 0 Å². The summed E-state index contributed by atoms with van der Waals surface area (Å²) < 4.78 is 29.4.